The molecule has 1 amide bonds. The second-order valence-corrected chi connectivity index (χ2v) is 5.65. The number of nitrogens with one attached hydrogen (secondary N) is 1. The Morgan fingerprint density at radius 1 is 1.08 bits per heavy atom. The maximum absolute atomic E-state index is 12.3. The highest BCUT2D eigenvalue weighted by Crippen LogP contribution is 2.17. The van der Waals surface area contributed by atoms with Crippen molar-refractivity contribution < 1.29 is 9.53 Å². The molecule has 0 bridgehead atoms. The van der Waals surface area contributed by atoms with E-state index < -0.39 is 6.10 Å². The molecule has 0 spiro atoms. The summed E-state index contributed by atoms with van der Waals surface area (Å²) in [6.07, 6.45) is 0.904. The predicted octanol–water partition coefficient (Wildman–Crippen LogP) is 2.31. The lowest BCUT2D eigenvalue weighted by Gasteiger charge is -2.19. The molecular formula is C18H19N5O2. The number of nitrogens with zero attached hydrogens (tertiary/aromatic N) is 4. The summed E-state index contributed by atoms with van der Waals surface area (Å²) in [7, 11) is 0. The second kappa shape index (κ2) is 7.57. The number of aromatic nitrogens is 4. The van der Waals surface area contributed by atoms with Crippen LogP contribution in [0.15, 0.2) is 60.9 Å². The molecule has 3 aromatic rings. The monoisotopic (exact) mass is 337 g/mol. The lowest BCUT2D eigenvalue weighted by atomic mass is 10.1. The first kappa shape index (κ1) is 16.6. The third-order valence-electron chi connectivity index (χ3n) is 3.79. The molecule has 1 N–H and O–H groups in total. The van der Waals surface area contributed by atoms with Gasteiger partial charge in [-0.1, -0.05) is 30.3 Å². The van der Waals surface area contributed by atoms with Gasteiger partial charge < -0.3 is 10.1 Å². The van der Waals surface area contributed by atoms with E-state index in [2.05, 4.69) is 20.8 Å². The topological polar surface area (TPSA) is 81.9 Å². The molecule has 25 heavy (non-hydrogen) atoms. The Balaban J connectivity index is 1.58. The van der Waals surface area contributed by atoms with Crippen LogP contribution in [0.4, 0.5) is 0 Å². The highest BCUT2D eigenvalue weighted by molar-refractivity contribution is 5.81. The zero-order valence-corrected chi connectivity index (χ0v) is 14.0. The third-order valence-corrected chi connectivity index (χ3v) is 3.79. The Morgan fingerprint density at radius 2 is 1.80 bits per heavy atom. The number of ether oxygens (including phenoxy) is 1. The van der Waals surface area contributed by atoms with Gasteiger partial charge >= 0.3 is 0 Å². The van der Waals surface area contributed by atoms with Crippen molar-refractivity contribution in [3.63, 3.8) is 0 Å². The fourth-order valence-corrected chi connectivity index (χ4v) is 2.37. The van der Waals surface area contributed by atoms with Crippen LogP contribution in [0.25, 0.3) is 5.69 Å². The van der Waals surface area contributed by atoms with Gasteiger partial charge in [0.05, 0.1) is 11.7 Å². The third kappa shape index (κ3) is 4.20. The molecule has 3 rings (SSSR count). The molecule has 7 heteroatoms. The van der Waals surface area contributed by atoms with Gasteiger partial charge in [-0.2, -0.15) is 0 Å². The first-order chi connectivity index (χ1) is 12.1. The quantitative estimate of drug-likeness (QED) is 0.746. The molecule has 0 radical (unpaired) electrons. The van der Waals surface area contributed by atoms with Gasteiger partial charge in [0.2, 0.25) is 0 Å². The second-order valence-electron chi connectivity index (χ2n) is 5.65. The predicted molar refractivity (Wildman–Crippen MR) is 92.2 cm³/mol. The largest absolute Gasteiger partial charge is 0.481 e. The van der Waals surface area contributed by atoms with Gasteiger partial charge in [0, 0.05) is 0 Å². The lowest BCUT2D eigenvalue weighted by molar-refractivity contribution is -0.127. The van der Waals surface area contributed by atoms with Gasteiger partial charge in [0.15, 0.2) is 6.10 Å². The van der Waals surface area contributed by atoms with Crippen molar-refractivity contribution in [1.82, 2.24) is 25.5 Å². The Bertz CT molecular complexity index is 803. The summed E-state index contributed by atoms with van der Waals surface area (Å²) in [6.45, 7) is 3.67. The van der Waals surface area contributed by atoms with E-state index in [4.69, 9.17) is 4.74 Å². The van der Waals surface area contributed by atoms with Crippen molar-refractivity contribution in [2.24, 2.45) is 0 Å². The molecule has 0 fully saturated rings. The van der Waals surface area contributed by atoms with Crippen LogP contribution in [0.2, 0.25) is 0 Å². The van der Waals surface area contributed by atoms with E-state index in [1.54, 1.807) is 23.7 Å². The summed E-state index contributed by atoms with van der Waals surface area (Å²) in [5, 5.41) is 14.0. The molecule has 1 aromatic heterocycles. The molecule has 0 saturated carbocycles. The molecule has 0 aliphatic carbocycles. The first-order valence-corrected chi connectivity index (χ1v) is 7.99. The smallest absolute Gasteiger partial charge is 0.261 e. The molecule has 2 unspecified atom stereocenters. The number of rotatable bonds is 6. The molecular weight excluding hydrogens is 318 g/mol. The Hall–Kier alpha value is -3.22. The van der Waals surface area contributed by atoms with E-state index in [0.29, 0.717) is 5.75 Å². The van der Waals surface area contributed by atoms with Crippen molar-refractivity contribution >= 4 is 5.91 Å². The summed E-state index contributed by atoms with van der Waals surface area (Å²) in [5.74, 6) is 0.438. The number of carbonyl (C=O) groups is 1. The number of hydrogen-bond acceptors (Lipinski definition) is 5. The summed E-state index contributed by atoms with van der Waals surface area (Å²) >= 11 is 0. The molecule has 0 aliphatic heterocycles. The number of tetrazole rings is 1. The van der Waals surface area contributed by atoms with Crippen LogP contribution in [0.1, 0.15) is 25.5 Å². The first-order valence-electron chi connectivity index (χ1n) is 7.99. The standard InChI is InChI=1S/C18H19N5O2/c1-13(15-6-4-3-5-7-15)20-18(24)14(2)25-17-10-8-16(9-11-17)23-12-19-21-22-23/h3-14H,1-2H3,(H,20,24). The lowest BCUT2D eigenvalue weighted by Crippen LogP contribution is -2.37. The average Bonchev–Trinajstić information content (AvgIpc) is 3.17. The molecule has 0 aliphatic rings. The fourth-order valence-electron chi connectivity index (χ4n) is 2.37. The van der Waals surface area contributed by atoms with Crippen molar-refractivity contribution in [3.05, 3.63) is 66.5 Å². The highest BCUT2D eigenvalue weighted by atomic mass is 16.5. The van der Waals surface area contributed by atoms with Crippen LogP contribution < -0.4 is 10.1 Å². The van der Waals surface area contributed by atoms with Crippen LogP contribution in [0.5, 0.6) is 5.75 Å². The number of hydrogen-bond donors (Lipinski definition) is 1. The van der Waals surface area contributed by atoms with Crippen molar-refractivity contribution in [3.8, 4) is 11.4 Å². The molecule has 2 aromatic carbocycles. The number of benzene rings is 2. The van der Waals surface area contributed by atoms with Gasteiger partial charge in [-0.25, -0.2) is 4.68 Å². The summed E-state index contributed by atoms with van der Waals surface area (Å²) in [5.41, 5.74) is 1.86. The van der Waals surface area contributed by atoms with Crippen molar-refractivity contribution in [2.45, 2.75) is 26.0 Å². The minimum atomic E-state index is -0.606. The van der Waals surface area contributed by atoms with E-state index >= 15 is 0 Å². The minimum absolute atomic E-state index is 0.0815. The molecule has 7 nitrogen and oxygen atoms in total. The number of carbonyl (C=O) groups excluding carboxylic acids is 1. The SMILES string of the molecule is CC(Oc1ccc(-n2cnnn2)cc1)C(=O)NC(C)c1ccccc1. The van der Waals surface area contributed by atoms with Gasteiger partial charge in [0.25, 0.3) is 5.91 Å². The van der Waals surface area contributed by atoms with Gasteiger partial charge in [0.1, 0.15) is 12.1 Å². The molecule has 128 valence electrons. The summed E-state index contributed by atoms with van der Waals surface area (Å²) in [4.78, 5) is 12.3. The van der Waals surface area contributed by atoms with Crippen molar-refractivity contribution in [1.29, 1.82) is 0 Å². The summed E-state index contributed by atoms with van der Waals surface area (Å²) < 4.78 is 7.26. The molecule has 2 atom stereocenters. The Kier molecular flexibility index (Phi) is 5.03. The van der Waals surface area contributed by atoms with Crippen LogP contribution >= 0.6 is 0 Å². The van der Waals surface area contributed by atoms with E-state index in [9.17, 15) is 4.79 Å². The van der Waals surface area contributed by atoms with Gasteiger partial charge in [-0.05, 0) is 54.1 Å². The van der Waals surface area contributed by atoms with Gasteiger partial charge in [-0.3, -0.25) is 4.79 Å². The van der Waals surface area contributed by atoms with Crippen LogP contribution in [-0.4, -0.2) is 32.2 Å². The summed E-state index contributed by atoms with van der Waals surface area (Å²) in [6, 6.07) is 16.9. The minimum Gasteiger partial charge on any atom is -0.481 e. The van der Waals surface area contributed by atoms with E-state index in [1.807, 2.05) is 49.4 Å². The Morgan fingerprint density at radius 3 is 2.44 bits per heavy atom. The highest BCUT2D eigenvalue weighted by Gasteiger charge is 2.17. The average molecular weight is 337 g/mol. The maximum Gasteiger partial charge on any atom is 0.261 e. The van der Waals surface area contributed by atoms with Crippen LogP contribution in [-0.2, 0) is 4.79 Å². The van der Waals surface area contributed by atoms with Crippen LogP contribution in [0, 0.1) is 0 Å². The maximum atomic E-state index is 12.3. The normalized spacial score (nSPS) is 13.0. The fraction of sp³-hybridized carbons (Fsp3) is 0.222. The van der Waals surface area contributed by atoms with E-state index in [-0.39, 0.29) is 11.9 Å². The van der Waals surface area contributed by atoms with Gasteiger partial charge in [-0.15, -0.1) is 5.10 Å². The number of amides is 1. The van der Waals surface area contributed by atoms with Crippen LogP contribution in [0.3, 0.4) is 0 Å². The van der Waals surface area contributed by atoms with E-state index in [0.717, 1.165) is 11.3 Å². The van der Waals surface area contributed by atoms with Crippen molar-refractivity contribution in [2.75, 3.05) is 0 Å². The van der Waals surface area contributed by atoms with E-state index in [1.165, 1.54) is 6.33 Å². The Labute approximate surface area is 145 Å². The molecule has 1 heterocycles. The molecule has 0 saturated heterocycles. The zero-order valence-electron chi connectivity index (χ0n) is 14.0. The zero-order chi connectivity index (χ0) is 17.6.